The van der Waals surface area contributed by atoms with Crippen LogP contribution in [0.1, 0.15) is 0 Å². The number of hydrogen-bond acceptors (Lipinski definition) is 2. The van der Waals surface area contributed by atoms with E-state index in [1.807, 2.05) is 0 Å². The second-order valence-electron chi connectivity index (χ2n) is 0.491. The predicted molar refractivity (Wildman–Crippen MR) is 25.9 cm³/mol. The zero-order chi connectivity index (χ0) is 7.21. The van der Waals surface area contributed by atoms with Crippen molar-refractivity contribution >= 4 is 30.6 Å². The monoisotopic (exact) mass is 294 g/mol. The Morgan fingerprint density at radius 3 is 1.22 bits per heavy atom. The van der Waals surface area contributed by atoms with Gasteiger partial charge in [-0.25, -0.2) is 0 Å². The number of halogens is 2. The van der Waals surface area contributed by atoms with Crippen LogP contribution in [0.3, 0.4) is 0 Å². The van der Waals surface area contributed by atoms with E-state index in [2.05, 4.69) is 20.2 Å². The summed E-state index contributed by atoms with van der Waals surface area (Å²) in [6.07, 6.45) is 0. The van der Waals surface area contributed by atoms with Crippen LogP contribution in [0, 0.1) is 0 Å². The summed E-state index contributed by atoms with van der Waals surface area (Å²) in [6, 6.07) is 0. The molecule has 0 aromatic rings. The second kappa shape index (κ2) is 9.49. The van der Waals surface area contributed by atoms with Gasteiger partial charge in [-0.05, 0) is 0 Å². The van der Waals surface area contributed by atoms with Crippen molar-refractivity contribution in [2.24, 2.45) is 0 Å². The third kappa shape index (κ3) is 240. The van der Waals surface area contributed by atoms with Crippen molar-refractivity contribution in [1.29, 1.82) is 0 Å². The van der Waals surface area contributed by atoms with Gasteiger partial charge >= 0.3 is 43.7 Å². The summed E-state index contributed by atoms with van der Waals surface area (Å²) < 4.78 is 31.6. The van der Waals surface area contributed by atoms with Gasteiger partial charge < -0.3 is 0 Å². The molecule has 0 aromatic carbocycles. The van der Waals surface area contributed by atoms with Crippen molar-refractivity contribution in [3.8, 4) is 0 Å². The molecule has 9 heavy (non-hydrogen) atoms. The summed E-state index contributed by atoms with van der Waals surface area (Å²) in [5.41, 5.74) is 0. The zero-order valence-electron chi connectivity index (χ0n) is 3.48. The van der Waals surface area contributed by atoms with Crippen LogP contribution in [0.4, 0.5) is 0 Å². The van der Waals surface area contributed by atoms with Gasteiger partial charge in [0.1, 0.15) is 0 Å². The van der Waals surface area contributed by atoms with E-state index in [-0.39, 0.29) is 17.1 Å². The molecule has 68 valence electrons. The van der Waals surface area contributed by atoms with Crippen molar-refractivity contribution in [1.82, 2.24) is 0 Å². The quantitative estimate of drug-likeness (QED) is 0.510. The van der Waals surface area contributed by atoms with Crippen LogP contribution in [-0.4, -0.2) is 17.5 Å². The number of rotatable bonds is 0. The first-order chi connectivity index (χ1) is 3.41. The maximum atomic E-state index is 8.74. The SMILES string of the molecule is O=S(=O)(O)O.[Cl][Cu][Cl].[Cu]. The fraction of sp³-hybridized carbons (Fsp3) is 0. The van der Waals surface area contributed by atoms with Gasteiger partial charge in [0.05, 0.1) is 0 Å². The Morgan fingerprint density at radius 1 is 1.22 bits per heavy atom. The molecule has 0 heterocycles. The van der Waals surface area contributed by atoms with Crippen LogP contribution in [0.2, 0.25) is 0 Å². The molecule has 0 amide bonds. The topological polar surface area (TPSA) is 74.6 Å². The van der Waals surface area contributed by atoms with E-state index in [1.165, 1.54) is 0 Å². The van der Waals surface area contributed by atoms with Crippen LogP contribution in [-0.2, 0) is 40.6 Å². The van der Waals surface area contributed by atoms with E-state index >= 15 is 0 Å². The standard InChI is InChI=1S/2ClH.2Cu.H2O4S/c;;;;1-5(2,3)4/h2*1H;;;(H2,1,2,3,4)/q;;;+2;/p-2. The van der Waals surface area contributed by atoms with Crippen molar-refractivity contribution in [3.63, 3.8) is 0 Å². The molecule has 0 spiro atoms. The zero-order valence-corrected chi connectivity index (χ0v) is 7.69. The normalized spacial score (nSPS) is 8.89. The van der Waals surface area contributed by atoms with Crippen LogP contribution in [0.5, 0.6) is 0 Å². The van der Waals surface area contributed by atoms with Crippen molar-refractivity contribution in [2.75, 3.05) is 0 Å². The molecule has 0 atom stereocenters. The van der Waals surface area contributed by atoms with Gasteiger partial charge in [-0.15, -0.1) is 0 Å². The molecular formula is H2Cl2Cu2O4S. The average Bonchev–Trinajstić information content (AvgIpc) is 1.27. The van der Waals surface area contributed by atoms with Gasteiger partial charge in [-0.1, -0.05) is 0 Å². The molecule has 9 heteroatoms. The second-order valence-corrected chi connectivity index (χ2v) is 2.94. The van der Waals surface area contributed by atoms with Crippen LogP contribution < -0.4 is 0 Å². The molecule has 1 radical (unpaired) electrons. The van der Waals surface area contributed by atoms with Gasteiger partial charge in [0.15, 0.2) is 0 Å². The summed E-state index contributed by atoms with van der Waals surface area (Å²) >= 11 is 0.757. The summed E-state index contributed by atoms with van der Waals surface area (Å²) in [6.45, 7) is 0. The predicted octanol–water partition coefficient (Wildman–Crippen LogP) is 0.721. The van der Waals surface area contributed by atoms with Crippen molar-refractivity contribution in [3.05, 3.63) is 0 Å². The molecule has 0 aliphatic rings. The Balaban J connectivity index is -0.0000000800. The molecule has 0 aliphatic heterocycles. The van der Waals surface area contributed by atoms with Crippen LogP contribution >= 0.6 is 20.2 Å². The summed E-state index contributed by atoms with van der Waals surface area (Å²) in [4.78, 5) is 0. The molecular weight excluding hydrogens is 294 g/mol. The molecule has 0 aliphatic carbocycles. The van der Waals surface area contributed by atoms with Crippen LogP contribution in [0.25, 0.3) is 0 Å². The summed E-state index contributed by atoms with van der Waals surface area (Å²) in [5, 5.41) is 0. The Bertz CT molecular complexity index is 111. The molecule has 0 saturated carbocycles. The number of hydrogen-bond donors (Lipinski definition) is 2. The van der Waals surface area contributed by atoms with Crippen molar-refractivity contribution < 1.29 is 47.7 Å². The van der Waals surface area contributed by atoms with E-state index in [0.29, 0.717) is 0 Å². The van der Waals surface area contributed by atoms with E-state index in [1.54, 1.807) is 0 Å². The van der Waals surface area contributed by atoms with Gasteiger partial charge in [-0.3, -0.25) is 9.11 Å². The van der Waals surface area contributed by atoms with E-state index in [9.17, 15) is 0 Å². The van der Waals surface area contributed by atoms with E-state index < -0.39 is 10.4 Å². The summed E-state index contributed by atoms with van der Waals surface area (Å²) in [5.74, 6) is 0. The molecule has 2 N–H and O–H groups in total. The Labute approximate surface area is 78.0 Å². The molecule has 0 fully saturated rings. The molecule has 0 unspecified atom stereocenters. The Morgan fingerprint density at radius 2 is 1.22 bits per heavy atom. The van der Waals surface area contributed by atoms with Crippen molar-refractivity contribution in [2.45, 2.75) is 0 Å². The minimum Gasteiger partial charge on any atom is 0 e. The maximum absolute atomic E-state index is 8.74. The third-order valence-electron chi connectivity index (χ3n) is 0. The van der Waals surface area contributed by atoms with Crippen LogP contribution in [0.15, 0.2) is 0 Å². The molecule has 0 saturated heterocycles. The van der Waals surface area contributed by atoms with Gasteiger partial charge in [0, 0.05) is 17.1 Å². The molecule has 0 aromatic heterocycles. The smallest absolute Gasteiger partial charge is 0 e. The first-order valence-electron chi connectivity index (χ1n) is 0.926. The minimum atomic E-state index is -4.67. The first-order valence-corrected chi connectivity index (χ1v) is 4.91. The fourth-order valence-corrected chi connectivity index (χ4v) is 0. The van der Waals surface area contributed by atoms with E-state index in [0.717, 1.165) is 13.1 Å². The molecule has 4 nitrogen and oxygen atoms in total. The molecule has 0 bridgehead atoms. The van der Waals surface area contributed by atoms with Gasteiger partial charge in [0.2, 0.25) is 0 Å². The van der Waals surface area contributed by atoms with Gasteiger partial charge in [-0.2, -0.15) is 8.42 Å². The Hall–Kier alpha value is 1.49. The third-order valence-corrected chi connectivity index (χ3v) is 0. The average molecular weight is 296 g/mol. The summed E-state index contributed by atoms with van der Waals surface area (Å²) in [7, 11) is 4.67. The van der Waals surface area contributed by atoms with E-state index in [4.69, 9.17) is 17.5 Å². The van der Waals surface area contributed by atoms with Gasteiger partial charge in [0.25, 0.3) is 0 Å². The Kier molecular flexibility index (Phi) is 17.8. The largest absolute Gasteiger partial charge is 0 e. The maximum Gasteiger partial charge on any atom is 0 e. The minimum absolute atomic E-state index is 0. The first kappa shape index (κ1) is 16.8. The fourth-order valence-electron chi connectivity index (χ4n) is 0. The molecule has 0 rings (SSSR count).